The van der Waals surface area contributed by atoms with Crippen LogP contribution in [0.2, 0.25) is 0 Å². The number of hydrogen-bond donors (Lipinski definition) is 0. The van der Waals surface area contributed by atoms with Crippen LogP contribution in [-0.4, -0.2) is 74.8 Å². The normalized spacial score (nSPS) is 15.4. The highest BCUT2D eigenvalue weighted by atomic mass is 32.2. The van der Waals surface area contributed by atoms with Gasteiger partial charge in [-0.1, -0.05) is 18.2 Å². The van der Waals surface area contributed by atoms with Gasteiger partial charge in [-0.15, -0.1) is 0 Å². The molecule has 0 saturated carbocycles. The first kappa shape index (κ1) is 21.3. The van der Waals surface area contributed by atoms with Gasteiger partial charge in [0.15, 0.2) is 0 Å². The van der Waals surface area contributed by atoms with Crippen LogP contribution in [0, 0.1) is 0 Å². The van der Waals surface area contributed by atoms with E-state index in [0.717, 1.165) is 0 Å². The van der Waals surface area contributed by atoms with Crippen LogP contribution < -0.4 is 15.2 Å². The van der Waals surface area contributed by atoms with Crippen LogP contribution in [0.15, 0.2) is 41.3 Å². The third-order valence-electron chi connectivity index (χ3n) is 4.64. The van der Waals surface area contributed by atoms with Crippen molar-refractivity contribution in [2.24, 2.45) is 0 Å². The number of hydrogen-bond acceptors (Lipinski definition) is 7. The molecule has 9 nitrogen and oxygen atoms in total. The van der Waals surface area contributed by atoms with Crippen molar-refractivity contribution < 1.29 is 17.9 Å². The minimum Gasteiger partial charge on any atom is -0.484 e. The molecule has 0 bridgehead atoms. The Morgan fingerprint density at radius 3 is 2.38 bits per heavy atom. The molecule has 3 rings (SSSR count). The van der Waals surface area contributed by atoms with Crippen molar-refractivity contribution in [3.8, 4) is 11.4 Å². The average molecular weight is 423 g/mol. The zero-order valence-corrected chi connectivity index (χ0v) is 17.5. The van der Waals surface area contributed by atoms with Crippen molar-refractivity contribution in [3.05, 3.63) is 46.9 Å². The summed E-state index contributed by atoms with van der Waals surface area (Å²) in [5.74, 6) is 0.191. The van der Waals surface area contributed by atoms with Gasteiger partial charge in [0.1, 0.15) is 12.3 Å². The van der Waals surface area contributed by atoms with Gasteiger partial charge in [0.05, 0.1) is 24.7 Å². The van der Waals surface area contributed by atoms with Crippen LogP contribution in [0.4, 0.5) is 5.69 Å². The fraction of sp³-hybridized carbons (Fsp3) is 0.474. The second kappa shape index (κ2) is 9.38. The minimum atomic E-state index is -3.24. The first-order valence-electron chi connectivity index (χ1n) is 9.50. The second-order valence-electron chi connectivity index (χ2n) is 6.61. The van der Waals surface area contributed by atoms with Gasteiger partial charge in [-0.25, -0.2) is 8.42 Å². The first-order chi connectivity index (χ1) is 13.9. The van der Waals surface area contributed by atoms with Crippen molar-refractivity contribution in [2.75, 3.05) is 57.2 Å². The number of ether oxygens (including phenoxy) is 2. The second-order valence-corrected chi connectivity index (χ2v) is 8.59. The molecule has 29 heavy (non-hydrogen) atoms. The summed E-state index contributed by atoms with van der Waals surface area (Å²) < 4.78 is 37.4. The smallest absolute Gasteiger partial charge is 0.316 e. The first-order valence-corrected chi connectivity index (χ1v) is 11.3. The molecule has 0 aliphatic carbocycles. The van der Waals surface area contributed by atoms with Crippen molar-refractivity contribution >= 4 is 15.7 Å². The van der Waals surface area contributed by atoms with Crippen molar-refractivity contribution in [1.82, 2.24) is 14.1 Å². The number of nitrogens with zero attached hydrogens (tertiary/aromatic N) is 4. The highest BCUT2D eigenvalue weighted by Gasteiger charge is 2.27. The number of benzene rings is 1. The maximum Gasteiger partial charge on any atom is 0.316 e. The maximum atomic E-state index is 13.1. The van der Waals surface area contributed by atoms with E-state index < -0.39 is 10.0 Å². The van der Waals surface area contributed by atoms with Gasteiger partial charge in [0, 0.05) is 32.8 Å². The van der Waals surface area contributed by atoms with Crippen molar-refractivity contribution in [2.45, 2.75) is 6.92 Å². The van der Waals surface area contributed by atoms with E-state index >= 15 is 0 Å². The van der Waals surface area contributed by atoms with Crippen molar-refractivity contribution in [1.29, 1.82) is 0 Å². The molecule has 1 aromatic heterocycles. The van der Waals surface area contributed by atoms with Gasteiger partial charge in [-0.05, 0) is 19.1 Å². The zero-order valence-electron chi connectivity index (χ0n) is 16.7. The molecular formula is C19H26N4O5S. The third kappa shape index (κ3) is 5.14. The van der Waals surface area contributed by atoms with Crippen molar-refractivity contribution in [3.63, 3.8) is 0 Å². The number of anilines is 1. The Balaban J connectivity index is 1.90. The predicted octanol–water partition coefficient (Wildman–Crippen LogP) is 0.729. The molecule has 10 heteroatoms. The molecule has 0 atom stereocenters. The van der Waals surface area contributed by atoms with Crippen LogP contribution in [0.5, 0.6) is 5.75 Å². The SMILES string of the molecule is CCOCCOc1c(N2CCN(S(C)(=O)=O)CC2)cnn(-c2ccccc2)c1=O. The fourth-order valence-electron chi connectivity index (χ4n) is 3.15. The number of para-hydroxylation sites is 1. The lowest BCUT2D eigenvalue weighted by molar-refractivity contribution is 0.109. The Morgan fingerprint density at radius 2 is 1.76 bits per heavy atom. The molecule has 158 valence electrons. The van der Waals surface area contributed by atoms with Gasteiger partial charge in [0.25, 0.3) is 0 Å². The molecule has 0 amide bonds. The number of piperazine rings is 1. The molecule has 0 unspecified atom stereocenters. The Labute approximate surface area is 170 Å². The fourth-order valence-corrected chi connectivity index (χ4v) is 3.98. The lowest BCUT2D eigenvalue weighted by atomic mass is 10.3. The predicted molar refractivity (Wildman–Crippen MR) is 110 cm³/mol. The molecule has 2 heterocycles. The lowest BCUT2D eigenvalue weighted by Crippen LogP contribution is -2.48. The van der Waals surface area contributed by atoms with Crippen LogP contribution in [0.25, 0.3) is 5.69 Å². The maximum absolute atomic E-state index is 13.1. The van der Waals surface area contributed by atoms with E-state index in [0.29, 0.717) is 50.8 Å². The quantitative estimate of drug-likeness (QED) is 0.579. The van der Waals surface area contributed by atoms with E-state index in [-0.39, 0.29) is 17.9 Å². The standard InChI is InChI=1S/C19H26N4O5S/c1-3-27-13-14-28-18-17(21-9-11-22(12-10-21)29(2,25)26)15-20-23(19(18)24)16-7-5-4-6-8-16/h4-8,15H,3,9-14H2,1-2H3. The molecule has 1 fully saturated rings. The highest BCUT2D eigenvalue weighted by molar-refractivity contribution is 7.88. The molecular weight excluding hydrogens is 396 g/mol. The summed E-state index contributed by atoms with van der Waals surface area (Å²) in [6.07, 6.45) is 2.80. The topological polar surface area (TPSA) is 94.0 Å². The van der Waals surface area contributed by atoms with E-state index in [1.54, 1.807) is 18.3 Å². The van der Waals surface area contributed by atoms with Gasteiger partial charge >= 0.3 is 5.56 Å². The Bertz CT molecular complexity index is 970. The van der Waals surface area contributed by atoms with Gasteiger partial charge in [-0.2, -0.15) is 14.1 Å². The summed E-state index contributed by atoms with van der Waals surface area (Å²) in [6, 6.07) is 9.12. The van der Waals surface area contributed by atoms with Crippen LogP contribution >= 0.6 is 0 Å². The summed E-state index contributed by atoms with van der Waals surface area (Å²) in [6.45, 7) is 4.65. The van der Waals surface area contributed by atoms with Gasteiger partial charge < -0.3 is 14.4 Å². The lowest BCUT2D eigenvalue weighted by Gasteiger charge is -2.35. The van der Waals surface area contributed by atoms with Crippen LogP contribution in [0.3, 0.4) is 0 Å². The molecule has 0 spiro atoms. The number of rotatable bonds is 8. The number of aromatic nitrogens is 2. The number of sulfonamides is 1. The van der Waals surface area contributed by atoms with Crippen LogP contribution in [-0.2, 0) is 14.8 Å². The van der Waals surface area contributed by atoms with E-state index in [9.17, 15) is 13.2 Å². The Kier molecular flexibility index (Phi) is 6.88. The largest absolute Gasteiger partial charge is 0.484 e. The zero-order chi connectivity index (χ0) is 20.9. The van der Waals surface area contributed by atoms with Gasteiger partial charge in [-0.3, -0.25) is 4.79 Å². The van der Waals surface area contributed by atoms with Crippen LogP contribution in [0.1, 0.15) is 6.92 Å². The average Bonchev–Trinajstić information content (AvgIpc) is 2.72. The minimum absolute atomic E-state index is 0.191. The molecule has 1 aliphatic rings. The Morgan fingerprint density at radius 1 is 1.07 bits per heavy atom. The van der Waals surface area contributed by atoms with E-state index in [1.165, 1.54) is 15.2 Å². The summed E-state index contributed by atoms with van der Waals surface area (Å²) in [4.78, 5) is 15.1. The molecule has 1 saturated heterocycles. The monoisotopic (exact) mass is 422 g/mol. The third-order valence-corrected chi connectivity index (χ3v) is 5.95. The van der Waals surface area contributed by atoms with E-state index in [1.807, 2.05) is 30.0 Å². The molecule has 1 aromatic carbocycles. The molecule has 0 N–H and O–H groups in total. The molecule has 0 radical (unpaired) electrons. The summed E-state index contributed by atoms with van der Waals surface area (Å²) in [5.41, 5.74) is 0.836. The summed E-state index contributed by atoms with van der Waals surface area (Å²) in [5, 5.41) is 4.32. The Hall–Kier alpha value is -2.43. The van der Waals surface area contributed by atoms with Gasteiger partial charge in [0.2, 0.25) is 15.8 Å². The molecule has 1 aliphatic heterocycles. The highest BCUT2D eigenvalue weighted by Crippen LogP contribution is 2.25. The van der Waals surface area contributed by atoms with E-state index in [4.69, 9.17) is 9.47 Å². The molecule has 2 aromatic rings. The summed E-state index contributed by atoms with van der Waals surface area (Å²) >= 11 is 0. The summed E-state index contributed by atoms with van der Waals surface area (Å²) in [7, 11) is -3.24. The van der Waals surface area contributed by atoms with E-state index in [2.05, 4.69) is 5.10 Å².